The van der Waals surface area contributed by atoms with Crippen molar-refractivity contribution in [2.75, 3.05) is 0 Å². The number of hydrogen-bond donors (Lipinski definition) is 0. The van der Waals surface area contributed by atoms with Gasteiger partial charge in [0.15, 0.2) is 10.8 Å². The van der Waals surface area contributed by atoms with E-state index in [-0.39, 0.29) is 0 Å². The highest BCUT2D eigenvalue weighted by Crippen LogP contribution is 2.31. The molecule has 0 amide bonds. The van der Waals surface area contributed by atoms with E-state index >= 15 is 0 Å². The number of para-hydroxylation sites is 1. The number of rotatable bonds is 3. The molecule has 0 atom stereocenters. The van der Waals surface area contributed by atoms with E-state index in [1.54, 1.807) is 29.8 Å². The van der Waals surface area contributed by atoms with Crippen LogP contribution in [0.3, 0.4) is 0 Å². The number of nitrogens with zero attached hydrogens (tertiary/aromatic N) is 3. The zero-order valence-electron chi connectivity index (χ0n) is 12.5. The second-order valence-corrected chi connectivity index (χ2v) is 6.13. The first-order valence-corrected chi connectivity index (χ1v) is 8.13. The summed E-state index contributed by atoms with van der Waals surface area (Å²) in [5.41, 5.74) is 2.32. The molecule has 0 aliphatic rings. The number of hydrogen-bond acceptors (Lipinski definition) is 5. The molecule has 0 unspecified atom stereocenters. The Morgan fingerprint density at radius 2 is 2.00 bits per heavy atom. The minimum Gasteiger partial charge on any atom is -0.454 e. The third-order valence-electron chi connectivity index (χ3n) is 3.53. The number of aromatic nitrogens is 2. The second kappa shape index (κ2) is 6.11. The van der Waals surface area contributed by atoms with E-state index in [9.17, 15) is 0 Å². The minimum absolute atomic E-state index is 0.534. The molecule has 0 N–H and O–H groups in total. The van der Waals surface area contributed by atoms with Crippen LogP contribution in [-0.2, 0) is 0 Å². The van der Waals surface area contributed by atoms with Crippen molar-refractivity contribution in [1.29, 1.82) is 5.26 Å². The Morgan fingerprint density at radius 3 is 2.88 bits per heavy atom. The van der Waals surface area contributed by atoms with Gasteiger partial charge in [0.25, 0.3) is 0 Å². The lowest BCUT2D eigenvalue weighted by atomic mass is 10.1. The van der Waals surface area contributed by atoms with Gasteiger partial charge in [0.2, 0.25) is 0 Å². The molecule has 4 nitrogen and oxygen atoms in total. The van der Waals surface area contributed by atoms with Gasteiger partial charge in [-0.3, -0.25) is 4.98 Å². The molecule has 0 fully saturated rings. The van der Waals surface area contributed by atoms with Crippen LogP contribution in [-0.4, -0.2) is 9.97 Å². The monoisotopic (exact) mass is 329 g/mol. The number of furan rings is 1. The number of nitriles is 1. The van der Waals surface area contributed by atoms with Crippen LogP contribution >= 0.6 is 11.3 Å². The highest BCUT2D eigenvalue weighted by molar-refractivity contribution is 7.21. The standard InChI is InChI=1S/C19H11N3OS/c20-11-14-12-21-10-9-13(14)5-6-15-7-8-17(23-15)19-22-16-3-1-2-4-18(16)24-19/h1-10,12H/b6-5+. The summed E-state index contributed by atoms with van der Waals surface area (Å²) in [6, 6.07) is 15.7. The third kappa shape index (κ3) is 2.71. The number of pyridine rings is 1. The van der Waals surface area contributed by atoms with E-state index in [1.165, 1.54) is 0 Å². The molecule has 3 heterocycles. The summed E-state index contributed by atoms with van der Waals surface area (Å²) in [5.74, 6) is 1.45. The molecule has 0 bridgehead atoms. The van der Waals surface area contributed by atoms with Crippen molar-refractivity contribution in [2.24, 2.45) is 0 Å². The maximum atomic E-state index is 9.08. The van der Waals surface area contributed by atoms with Crippen molar-refractivity contribution in [1.82, 2.24) is 9.97 Å². The summed E-state index contributed by atoms with van der Waals surface area (Å²) in [4.78, 5) is 8.54. The fourth-order valence-electron chi connectivity index (χ4n) is 2.35. The van der Waals surface area contributed by atoms with Gasteiger partial charge in [-0.1, -0.05) is 12.1 Å². The molecular weight excluding hydrogens is 318 g/mol. The lowest BCUT2D eigenvalue weighted by Gasteiger charge is -1.94. The summed E-state index contributed by atoms with van der Waals surface area (Å²) < 4.78 is 6.99. The fraction of sp³-hybridized carbons (Fsp3) is 0. The van der Waals surface area contributed by atoms with E-state index in [4.69, 9.17) is 9.68 Å². The van der Waals surface area contributed by atoms with Gasteiger partial charge in [-0.25, -0.2) is 4.98 Å². The van der Waals surface area contributed by atoms with Crippen LogP contribution in [0.5, 0.6) is 0 Å². The zero-order chi connectivity index (χ0) is 16.4. The molecule has 3 aromatic heterocycles. The molecule has 114 valence electrons. The van der Waals surface area contributed by atoms with Crippen LogP contribution < -0.4 is 0 Å². The van der Waals surface area contributed by atoms with Gasteiger partial charge in [-0.15, -0.1) is 11.3 Å². The van der Waals surface area contributed by atoms with E-state index in [1.807, 2.05) is 48.6 Å². The Bertz CT molecular complexity index is 1050. The summed E-state index contributed by atoms with van der Waals surface area (Å²) in [6.07, 6.45) is 6.90. The van der Waals surface area contributed by atoms with Crippen molar-refractivity contribution >= 4 is 33.7 Å². The Labute approximate surface area is 142 Å². The predicted octanol–water partition coefficient (Wildman–Crippen LogP) is 4.99. The predicted molar refractivity (Wildman–Crippen MR) is 95.2 cm³/mol. The third-order valence-corrected chi connectivity index (χ3v) is 4.58. The largest absolute Gasteiger partial charge is 0.454 e. The molecule has 0 aliphatic carbocycles. The topological polar surface area (TPSA) is 62.7 Å². The Balaban J connectivity index is 1.63. The van der Waals surface area contributed by atoms with E-state index in [0.717, 1.165) is 26.5 Å². The molecule has 0 radical (unpaired) electrons. The lowest BCUT2D eigenvalue weighted by molar-refractivity contribution is 0.572. The van der Waals surface area contributed by atoms with Crippen LogP contribution in [0.2, 0.25) is 0 Å². The Kier molecular flexibility index (Phi) is 3.66. The molecule has 0 saturated carbocycles. The summed E-state index contributed by atoms with van der Waals surface area (Å²) >= 11 is 1.60. The Morgan fingerprint density at radius 1 is 1.08 bits per heavy atom. The molecule has 0 aliphatic heterocycles. The van der Waals surface area contributed by atoms with Crippen LogP contribution in [0.4, 0.5) is 0 Å². The van der Waals surface area contributed by atoms with E-state index < -0.39 is 0 Å². The van der Waals surface area contributed by atoms with Crippen LogP contribution in [0.25, 0.3) is 33.1 Å². The maximum absolute atomic E-state index is 9.08. The van der Waals surface area contributed by atoms with Gasteiger partial charge in [-0.05, 0) is 48.0 Å². The summed E-state index contributed by atoms with van der Waals surface area (Å²) in [7, 11) is 0. The van der Waals surface area contributed by atoms with Crippen LogP contribution in [0, 0.1) is 11.3 Å². The van der Waals surface area contributed by atoms with Crippen molar-refractivity contribution in [3.05, 3.63) is 71.7 Å². The fourth-order valence-corrected chi connectivity index (χ4v) is 3.28. The first-order valence-electron chi connectivity index (χ1n) is 7.31. The molecule has 0 spiro atoms. The molecule has 24 heavy (non-hydrogen) atoms. The van der Waals surface area contributed by atoms with E-state index in [0.29, 0.717) is 11.3 Å². The number of benzene rings is 1. The SMILES string of the molecule is N#Cc1cnccc1/C=C/c1ccc(-c2nc3ccccc3s2)o1. The first-order chi connectivity index (χ1) is 11.8. The van der Waals surface area contributed by atoms with E-state index in [2.05, 4.69) is 16.0 Å². The van der Waals surface area contributed by atoms with Gasteiger partial charge in [0, 0.05) is 12.4 Å². The van der Waals surface area contributed by atoms with Gasteiger partial charge < -0.3 is 4.42 Å². The maximum Gasteiger partial charge on any atom is 0.163 e. The Hall–Kier alpha value is -3.23. The molecule has 4 rings (SSSR count). The average molecular weight is 329 g/mol. The first kappa shape index (κ1) is 14.4. The van der Waals surface area contributed by atoms with Gasteiger partial charge in [0.05, 0.1) is 15.8 Å². The zero-order valence-corrected chi connectivity index (χ0v) is 13.3. The summed E-state index contributed by atoms with van der Waals surface area (Å²) in [5, 5.41) is 9.94. The normalized spacial score (nSPS) is 11.1. The minimum atomic E-state index is 0.534. The summed E-state index contributed by atoms with van der Waals surface area (Å²) in [6.45, 7) is 0. The molecule has 1 aromatic carbocycles. The van der Waals surface area contributed by atoms with Crippen molar-refractivity contribution in [3.63, 3.8) is 0 Å². The van der Waals surface area contributed by atoms with Gasteiger partial charge in [-0.2, -0.15) is 5.26 Å². The highest BCUT2D eigenvalue weighted by atomic mass is 32.1. The highest BCUT2D eigenvalue weighted by Gasteiger charge is 2.09. The molecule has 5 heteroatoms. The number of thiazole rings is 1. The molecule has 0 saturated heterocycles. The van der Waals surface area contributed by atoms with Crippen molar-refractivity contribution in [3.8, 4) is 16.8 Å². The second-order valence-electron chi connectivity index (χ2n) is 5.10. The van der Waals surface area contributed by atoms with Crippen LogP contribution in [0.15, 0.2) is 59.3 Å². The van der Waals surface area contributed by atoms with Gasteiger partial charge in [0.1, 0.15) is 11.8 Å². The van der Waals surface area contributed by atoms with Crippen molar-refractivity contribution < 1.29 is 4.42 Å². The molecule has 4 aromatic rings. The number of fused-ring (bicyclic) bond motifs is 1. The quantitative estimate of drug-likeness (QED) is 0.531. The van der Waals surface area contributed by atoms with Gasteiger partial charge >= 0.3 is 0 Å². The van der Waals surface area contributed by atoms with Crippen LogP contribution in [0.1, 0.15) is 16.9 Å². The lowest BCUT2D eigenvalue weighted by Crippen LogP contribution is -1.82. The van der Waals surface area contributed by atoms with Crippen molar-refractivity contribution in [2.45, 2.75) is 0 Å². The molecular formula is C19H11N3OS. The average Bonchev–Trinajstić information content (AvgIpc) is 3.26. The smallest absolute Gasteiger partial charge is 0.163 e.